The van der Waals surface area contributed by atoms with Gasteiger partial charge in [0.25, 0.3) is 0 Å². The average Bonchev–Trinajstić information content (AvgIpc) is 2.53. The minimum Gasteiger partial charge on any atom is -0.490 e. The van der Waals surface area contributed by atoms with Gasteiger partial charge in [-0.05, 0) is 19.9 Å². The van der Waals surface area contributed by atoms with E-state index in [1.165, 1.54) is 0 Å². The maximum absolute atomic E-state index is 12.7. The molecule has 0 saturated carbocycles. The number of ether oxygens (including phenoxy) is 2. The molecule has 1 aromatic rings. The monoisotopic (exact) mass is 393 g/mol. The van der Waals surface area contributed by atoms with Crippen molar-refractivity contribution in [1.29, 1.82) is 0 Å². The van der Waals surface area contributed by atoms with E-state index in [-0.39, 0.29) is 30.3 Å². The third-order valence-corrected chi connectivity index (χ3v) is 4.03. The van der Waals surface area contributed by atoms with E-state index in [0.717, 1.165) is 6.26 Å². The van der Waals surface area contributed by atoms with Crippen LogP contribution < -0.4 is 20.1 Å². The zero-order chi connectivity index (χ0) is 19.6. The summed E-state index contributed by atoms with van der Waals surface area (Å²) in [5.41, 5.74) is 0.427. The molecule has 0 bridgehead atoms. The van der Waals surface area contributed by atoms with Gasteiger partial charge < -0.3 is 20.1 Å². The van der Waals surface area contributed by atoms with Gasteiger partial charge in [-0.3, -0.25) is 0 Å². The van der Waals surface area contributed by atoms with Crippen LogP contribution in [0.15, 0.2) is 23.2 Å². The Labute approximate surface area is 152 Å². The van der Waals surface area contributed by atoms with Gasteiger partial charge >= 0.3 is 6.61 Å². The van der Waals surface area contributed by atoms with E-state index in [2.05, 4.69) is 20.4 Å². The van der Waals surface area contributed by atoms with Crippen molar-refractivity contribution in [3.05, 3.63) is 23.8 Å². The van der Waals surface area contributed by atoms with Gasteiger partial charge in [-0.1, -0.05) is 12.1 Å². The van der Waals surface area contributed by atoms with Gasteiger partial charge in [0.15, 0.2) is 17.5 Å². The van der Waals surface area contributed by atoms with Crippen molar-refractivity contribution in [1.82, 2.24) is 10.6 Å². The summed E-state index contributed by atoms with van der Waals surface area (Å²) in [5.74, 6) is 0.494. The van der Waals surface area contributed by atoms with Crippen LogP contribution in [-0.2, 0) is 16.4 Å². The fourth-order valence-corrected chi connectivity index (χ4v) is 2.51. The van der Waals surface area contributed by atoms with Gasteiger partial charge in [0.2, 0.25) is 0 Å². The van der Waals surface area contributed by atoms with Crippen LogP contribution in [-0.4, -0.2) is 52.7 Å². The van der Waals surface area contributed by atoms with Crippen LogP contribution >= 0.6 is 0 Å². The highest BCUT2D eigenvalue weighted by atomic mass is 32.2. The van der Waals surface area contributed by atoms with Crippen molar-refractivity contribution in [3.63, 3.8) is 0 Å². The van der Waals surface area contributed by atoms with E-state index in [0.29, 0.717) is 24.7 Å². The second-order valence-corrected chi connectivity index (χ2v) is 7.57. The van der Waals surface area contributed by atoms with Crippen LogP contribution in [0, 0.1) is 0 Å². The second kappa shape index (κ2) is 10.8. The lowest BCUT2D eigenvalue weighted by Crippen LogP contribution is -2.39. The highest BCUT2D eigenvalue weighted by molar-refractivity contribution is 7.90. The molecule has 0 unspecified atom stereocenters. The molecular formula is C16H25F2N3O4S. The van der Waals surface area contributed by atoms with E-state index >= 15 is 0 Å². The predicted molar refractivity (Wildman–Crippen MR) is 96.8 cm³/mol. The van der Waals surface area contributed by atoms with E-state index in [4.69, 9.17) is 4.74 Å². The molecule has 0 aliphatic carbocycles. The smallest absolute Gasteiger partial charge is 0.387 e. The number of hydrogen-bond donors (Lipinski definition) is 2. The molecule has 0 saturated heterocycles. The van der Waals surface area contributed by atoms with Crippen molar-refractivity contribution in [2.24, 2.45) is 4.99 Å². The minimum absolute atomic E-state index is 0.0447. The summed E-state index contributed by atoms with van der Waals surface area (Å²) in [5, 5.41) is 5.85. The number of guanidine groups is 1. The summed E-state index contributed by atoms with van der Waals surface area (Å²) in [4.78, 5) is 4.29. The summed E-state index contributed by atoms with van der Waals surface area (Å²) in [6.45, 7) is 1.72. The number of nitrogens with one attached hydrogen (secondary N) is 2. The number of benzene rings is 1. The Morgan fingerprint density at radius 1 is 1.27 bits per heavy atom. The number of alkyl halides is 2. The van der Waals surface area contributed by atoms with E-state index in [9.17, 15) is 17.2 Å². The highest BCUT2D eigenvalue weighted by Gasteiger charge is 2.15. The summed E-state index contributed by atoms with van der Waals surface area (Å²) in [7, 11) is -3.10. The molecule has 1 aromatic carbocycles. The normalized spacial score (nSPS) is 12.2. The SMILES string of the molecule is CCNC(=NCc1cccc(OCC)c1OC(F)F)NCCS(C)(=O)=O. The maximum Gasteiger partial charge on any atom is 0.387 e. The molecule has 7 nitrogen and oxygen atoms in total. The van der Waals surface area contributed by atoms with Crippen molar-refractivity contribution in [3.8, 4) is 11.5 Å². The molecule has 0 spiro atoms. The molecule has 0 atom stereocenters. The summed E-state index contributed by atoms with van der Waals surface area (Å²) in [6.07, 6.45) is 1.14. The molecule has 0 radical (unpaired) electrons. The van der Waals surface area contributed by atoms with E-state index < -0.39 is 16.4 Å². The number of sulfone groups is 1. The highest BCUT2D eigenvalue weighted by Crippen LogP contribution is 2.33. The van der Waals surface area contributed by atoms with Crippen LogP contribution in [0.4, 0.5) is 8.78 Å². The van der Waals surface area contributed by atoms with Crippen molar-refractivity contribution in [2.45, 2.75) is 27.0 Å². The summed E-state index contributed by atoms with van der Waals surface area (Å²) < 4.78 is 57.8. The molecule has 0 aliphatic heterocycles. The van der Waals surface area contributed by atoms with Crippen molar-refractivity contribution in [2.75, 3.05) is 31.7 Å². The molecule has 0 heterocycles. The first-order chi connectivity index (χ1) is 12.3. The number of para-hydroxylation sites is 1. The van der Waals surface area contributed by atoms with Gasteiger partial charge in [-0.15, -0.1) is 0 Å². The number of nitrogens with zero attached hydrogens (tertiary/aromatic N) is 1. The number of aliphatic imine (C=N–C) groups is 1. The molecule has 0 amide bonds. The van der Waals surface area contributed by atoms with Gasteiger partial charge in [0, 0.05) is 24.9 Å². The number of hydrogen-bond acceptors (Lipinski definition) is 5. The molecule has 10 heteroatoms. The molecule has 1 rings (SSSR count). The molecule has 148 valence electrons. The largest absolute Gasteiger partial charge is 0.490 e. The van der Waals surface area contributed by atoms with E-state index in [1.54, 1.807) is 25.1 Å². The molecular weight excluding hydrogens is 368 g/mol. The van der Waals surface area contributed by atoms with Crippen molar-refractivity contribution >= 4 is 15.8 Å². The minimum atomic E-state index is -3.10. The molecule has 2 N–H and O–H groups in total. The summed E-state index contributed by atoms with van der Waals surface area (Å²) in [6, 6.07) is 4.83. The van der Waals surface area contributed by atoms with Crippen LogP contribution in [0.3, 0.4) is 0 Å². The molecule has 26 heavy (non-hydrogen) atoms. The average molecular weight is 393 g/mol. The molecule has 0 fully saturated rings. The van der Waals surface area contributed by atoms with Gasteiger partial charge in [-0.2, -0.15) is 8.78 Å². The number of rotatable bonds is 10. The zero-order valence-corrected chi connectivity index (χ0v) is 15.9. The van der Waals surface area contributed by atoms with Crippen LogP contribution in [0.1, 0.15) is 19.4 Å². The van der Waals surface area contributed by atoms with E-state index in [1.807, 2.05) is 6.92 Å². The topological polar surface area (TPSA) is 89.0 Å². The predicted octanol–water partition coefficient (Wildman–Crippen LogP) is 1.79. The lowest BCUT2D eigenvalue weighted by molar-refractivity contribution is -0.0520. The Morgan fingerprint density at radius 3 is 2.58 bits per heavy atom. The third-order valence-electron chi connectivity index (χ3n) is 3.08. The first-order valence-electron chi connectivity index (χ1n) is 8.16. The lowest BCUT2D eigenvalue weighted by Gasteiger charge is -2.15. The summed E-state index contributed by atoms with van der Waals surface area (Å²) >= 11 is 0. The fourth-order valence-electron chi connectivity index (χ4n) is 2.04. The Balaban J connectivity index is 2.94. The Morgan fingerprint density at radius 2 is 2.00 bits per heavy atom. The molecule has 0 aliphatic rings. The molecule has 0 aromatic heterocycles. The van der Waals surface area contributed by atoms with Crippen LogP contribution in [0.5, 0.6) is 11.5 Å². The van der Waals surface area contributed by atoms with Crippen molar-refractivity contribution < 1.29 is 26.7 Å². The lowest BCUT2D eigenvalue weighted by atomic mass is 10.2. The Kier molecular flexibility index (Phi) is 9.11. The van der Waals surface area contributed by atoms with Gasteiger partial charge in [0.1, 0.15) is 9.84 Å². The van der Waals surface area contributed by atoms with Crippen LogP contribution in [0.2, 0.25) is 0 Å². The Hall–Kier alpha value is -2.10. The first-order valence-corrected chi connectivity index (χ1v) is 10.2. The first kappa shape index (κ1) is 21.9. The van der Waals surface area contributed by atoms with Gasteiger partial charge in [-0.25, -0.2) is 13.4 Å². The second-order valence-electron chi connectivity index (χ2n) is 5.31. The maximum atomic E-state index is 12.7. The fraction of sp³-hybridized carbons (Fsp3) is 0.562. The zero-order valence-electron chi connectivity index (χ0n) is 15.1. The third kappa shape index (κ3) is 8.32. The Bertz CT molecular complexity index is 697. The number of halogens is 2. The van der Waals surface area contributed by atoms with Gasteiger partial charge in [0.05, 0.1) is 18.9 Å². The quantitative estimate of drug-likeness (QED) is 0.465. The standard InChI is InChI=1S/C16H25F2N3O4S/c1-4-19-16(20-9-10-26(3,22)23)21-11-12-7-6-8-13(24-5-2)14(12)25-15(17)18/h6-8,15H,4-5,9-11H2,1-3H3,(H2,19,20,21). The van der Waals surface area contributed by atoms with Crippen LogP contribution in [0.25, 0.3) is 0 Å².